The van der Waals surface area contributed by atoms with Gasteiger partial charge < -0.3 is 10.1 Å². The van der Waals surface area contributed by atoms with Gasteiger partial charge in [0.1, 0.15) is 5.82 Å². The highest BCUT2D eigenvalue weighted by molar-refractivity contribution is 9.10. The highest BCUT2D eigenvalue weighted by atomic mass is 79.9. The van der Waals surface area contributed by atoms with E-state index in [0.29, 0.717) is 29.8 Å². The molecule has 1 saturated heterocycles. The molecule has 5 nitrogen and oxygen atoms in total. The summed E-state index contributed by atoms with van der Waals surface area (Å²) in [7, 11) is 0. The third-order valence-electron chi connectivity index (χ3n) is 4.54. The van der Waals surface area contributed by atoms with Gasteiger partial charge in [-0.15, -0.1) is 0 Å². The zero-order valence-electron chi connectivity index (χ0n) is 15.2. The van der Waals surface area contributed by atoms with Gasteiger partial charge in [-0.05, 0) is 58.0 Å². The van der Waals surface area contributed by atoms with E-state index in [1.807, 2.05) is 6.07 Å². The van der Waals surface area contributed by atoms with Crippen LogP contribution in [0.4, 0.5) is 4.39 Å². The maximum Gasteiger partial charge on any atom is 0.258 e. The highest BCUT2D eigenvalue weighted by Crippen LogP contribution is 2.22. The molecule has 1 amide bonds. The van der Waals surface area contributed by atoms with E-state index < -0.39 is 0 Å². The first-order valence-electron chi connectivity index (χ1n) is 8.95. The molecule has 0 aliphatic carbocycles. The van der Waals surface area contributed by atoms with Crippen molar-refractivity contribution in [1.29, 1.82) is 0 Å². The quantitative estimate of drug-likeness (QED) is 0.663. The Hall–Kier alpha value is -1.87. The van der Waals surface area contributed by atoms with Crippen LogP contribution in [0.2, 0.25) is 0 Å². The average Bonchev–Trinajstić information content (AvgIpc) is 2.70. The van der Waals surface area contributed by atoms with E-state index >= 15 is 0 Å². The molecule has 3 rings (SSSR count). The van der Waals surface area contributed by atoms with E-state index in [2.05, 4.69) is 31.5 Å². The van der Waals surface area contributed by atoms with Crippen LogP contribution in [-0.4, -0.2) is 48.8 Å². The number of carbonyl (C=O) groups excluding carboxylic acids is 1. The van der Waals surface area contributed by atoms with Gasteiger partial charge in [0.25, 0.3) is 5.91 Å². The van der Waals surface area contributed by atoms with Crippen LogP contribution in [0.1, 0.15) is 22.0 Å². The van der Waals surface area contributed by atoms with E-state index in [9.17, 15) is 9.18 Å². The Morgan fingerprint density at radius 2 is 1.86 bits per heavy atom. The summed E-state index contributed by atoms with van der Waals surface area (Å²) in [6, 6.07) is 13.6. The van der Waals surface area contributed by atoms with Gasteiger partial charge in [-0.3, -0.25) is 15.0 Å². The number of morpholine rings is 1. The molecule has 0 aromatic heterocycles. The molecule has 2 N–H and O–H groups in total. The molecule has 1 aliphatic rings. The Balaban J connectivity index is 1.64. The molecule has 0 bridgehead atoms. The summed E-state index contributed by atoms with van der Waals surface area (Å²) in [6.07, 6.45) is 0. The van der Waals surface area contributed by atoms with Gasteiger partial charge in [0.15, 0.2) is 5.11 Å². The van der Waals surface area contributed by atoms with Crippen molar-refractivity contribution in [2.45, 2.75) is 6.04 Å². The molecule has 1 atom stereocenters. The number of halogens is 2. The van der Waals surface area contributed by atoms with Crippen LogP contribution < -0.4 is 10.6 Å². The van der Waals surface area contributed by atoms with Gasteiger partial charge >= 0.3 is 0 Å². The average molecular weight is 466 g/mol. The third kappa shape index (κ3) is 5.57. The molecule has 0 unspecified atom stereocenters. The highest BCUT2D eigenvalue weighted by Gasteiger charge is 2.23. The van der Waals surface area contributed by atoms with Crippen LogP contribution in [0.15, 0.2) is 53.0 Å². The number of thiocarbonyl (C=S) groups is 1. The van der Waals surface area contributed by atoms with Crippen molar-refractivity contribution in [3.63, 3.8) is 0 Å². The Morgan fingerprint density at radius 1 is 1.18 bits per heavy atom. The number of amides is 1. The summed E-state index contributed by atoms with van der Waals surface area (Å²) in [4.78, 5) is 14.7. The molecule has 148 valence electrons. The zero-order chi connectivity index (χ0) is 19.9. The molecule has 0 spiro atoms. The summed E-state index contributed by atoms with van der Waals surface area (Å²) in [6.45, 7) is 3.35. The fourth-order valence-corrected chi connectivity index (χ4v) is 3.72. The van der Waals surface area contributed by atoms with Crippen molar-refractivity contribution in [1.82, 2.24) is 15.5 Å². The number of hydrogen-bond donors (Lipinski definition) is 2. The standard InChI is InChI=1S/C20H21BrFN3O2S/c21-17-4-2-1-3-16(17)19(26)24-20(28)23-13-18(25-9-11-27-12-10-25)14-5-7-15(22)8-6-14/h1-8,18H,9-13H2,(H2,23,24,26,28)/t18-/m1/s1. The maximum atomic E-state index is 13.3. The molecule has 0 radical (unpaired) electrons. The molecule has 1 heterocycles. The van der Waals surface area contributed by atoms with Crippen molar-refractivity contribution in [3.05, 3.63) is 69.9 Å². The number of carbonyl (C=O) groups is 1. The lowest BCUT2D eigenvalue weighted by atomic mass is 10.0. The van der Waals surface area contributed by atoms with Crippen molar-refractivity contribution < 1.29 is 13.9 Å². The van der Waals surface area contributed by atoms with Gasteiger partial charge in [0.2, 0.25) is 0 Å². The van der Waals surface area contributed by atoms with Gasteiger partial charge in [0.05, 0.1) is 24.8 Å². The minimum absolute atomic E-state index is 0.0113. The van der Waals surface area contributed by atoms with Crippen LogP contribution in [0, 0.1) is 5.82 Å². The Kier molecular flexibility index (Phi) is 7.50. The number of hydrogen-bond acceptors (Lipinski definition) is 4. The van der Waals surface area contributed by atoms with Gasteiger partial charge in [-0.25, -0.2) is 4.39 Å². The van der Waals surface area contributed by atoms with Crippen molar-refractivity contribution >= 4 is 39.2 Å². The second-order valence-electron chi connectivity index (χ2n) is 6.36. The molecule has 2 aromatic rings. The molecule has 2 aromatic carbocycles. The number of nitrogens with zero attached hydrogens (tertiary/aromatic N) is 1. The van der Waals surface area contributed by atoms with Crippen molar-refractivity contribution in [3.8, 4) is 0 Å². The van der Waals surface area contributed by atoms with E-state index in [-0.39, 0.29) is 22.9 Å². The van der Waals surface area contributed by atoms with Gasteiger partial charge in [-0.2, -0.15) is 0 Å². The summed E-state index contributed by atoms with van der Waals surface area (Å²) >= 11 is 8.67. The Morgan fingerprint density at radius 3 is 2.54 bits per heavy atom. The molecule has 8 heteroatoms. The molecule has 1 aliphatic heterocycles. The van der Waals surface area contributed by atoms with E-state index in [1.54, 1.807) is 30.3 Å². The number of rotatable bonds is 5. The van der Waals surface area contributed by atoms with Crippen LogP contribution in [0.5, 0.6) is 0 Å². The molecule has 1 fully saturated rings. The fraction of sp³-hybridized carbons (Fsp3) is 0.300. The number of nitrogens with one attached hydrogen (secondary N) is 2. The third-order valence-corrected chi connectivity index (χ3v) is 5.48. The first kappa shape index (κ1) is 20.9. The zero-order valence-corrected chi connectivity index (χ0v) is 17.6. The topological polar surface area (TPSA) is 53.6 Å². The Bertz CT molecular complexity index is 828. The minimum Gasteiger partial charge on any atom is -0.379 e. The van der Waals surface area contributed by atoms with Crippen LogP contribution in [-0.2, 0) is 4.74 Å². The van der Waals surface area contributed by atoms with Gasteiger partial charge in [-0.1, -0.05) is 24.3 Å². The second-order valence-corrected chi connectivity index (χ2v) is 7.62. The van der Waals surface area contributed by atoms with Gasteiger partial charge in [0, 0.05) is 24.1 Å². The molecule has 28 heavy (non-hydrogen) atoms. The molecular formula is C20H21BrFN3O2S. The van der Waals surface area contributed by atoms with E-state index in [0.717, 1.165) is 18.7 Å². The number of ether oxygens (including phenoxy) is 1. The lowest BCUT2D eigenvalue weighted by Crippen LogP contribution is -2.46. The first-order chi connectivity index (χ1) is 13.5. The summed E-state index contributed by atoms with van der Waals surface area (Å²) in [5.41, 5.74) is 1.49. The monoisotopic (exact) mass is 465 g/mol. The predicted octanol–water partition coefficient (Wildman–Crippen LogP) is 3.27. The fourth-order valence-electron chi connectivity index (χ4n) is 3.08. The summed E-state index contributed by atoms with van der Waals surface area (Å²) < 4.78 is 19.5. The Labute approximate surface area is 177 Å². The SMILES string of the molecule is O=C(NC(=S)NC[C@H](c1ccc(F)cc1)N1CCOCC1)c1ccccc1Br. The van der Waals surface area contributed by atoms with E-state index in [1.165, 1.54) is 12.1 Å². The van der Waals surface area contributed by atoms with Crippen molar-refractivity contribution in [2.75, 3.05) is 32.8 Å². The second kappa shape index (κ2) is 10.1. The smallest absolute Gasteiger partial charge is 0.258 e. The summed E-state index contributed by atoms with van der Waals surface area (Å²) in [5, 5.41) is 6.08. The molecule has 0 saturated carbocycles. The van der Waals surface area contributed by atoms with Crippen molar-refractivity contribution in [2.24, 2.45) is 0 Å². The normalized spacial score (nSPS) is 15.6. The predicted molar refractivity (Wildman–Crippen MR) is 114 cm³/mol. The molecular weight excluding hydrogens is 445 g/mol. The van der Waals surface area contributed by atoms with Crippen LogP contribution >= 0.6 is 28.1 Å². The minimum atomic E-state index is -0.283. The number of benzene rings is 2. The van der Waals surface area contributed by atoms with Crippen LogP contribution in [0.25, 0.3) is 0 Å². The van der Waals surface area contributed by atoms with E-state index in [4.69, 9.17) is 17.0 Å². The summed E-state index contributed by atoms with van der Waals surface area (Å²) in [5.74, 6) is -0.552. The lowest BCUT2D eigenvalue weighted by Gasteiger charge is -2.35. The maximum absolute atomic E-state index is 13.3. The van der Waals surface area contributed by atoms with Crippen LogP contribution in [0.3, 0.4) is 0 Å². The largest absolute Gasteiger partial charge is 0.379 e. The first-order valence-corrected chi connectivity index (χ1v) is 10.2. The lowest BCUT2D eigenvalue weighted by molar-refractivity contribution is 0.0170.